The molecule has 1 saturated heterocycles. The number of carbonyl (C=O) groups is 1. The highest BCUT2D eigenvalue weighted by Gasteiger charge is 2.54. The molecule has 1 fully saturated rings. The van der Waals surface area contributed by atoms with Crippen LogP contribution in [0.25, 0.3) is 0 Å². The fourth-order valence-corrected chi connectivity index (χ4v) is 7.18. The van der Waals surface area contributed by atoms with Gasteiger partial charge in [-0.1, -0.05) is 23.7 Å². The van der Waals surface area contributed by atoms with Crippen molar-refractivity contribution >= 4 is 29.5 Å². The maximum Gasteiger partial charge on any atom is 0.410 e. The van der Waals surface area contributed by atoms with Crippen molar-refractivity contribution in [2.45, 2.75) is 67.9 Å². The Balaban J connectivity index is 1.46. The van der Waals surface area contributed by atoms with E-state index in [1.54, 1.807) is 36.0 Å². The molecule has 0 spiro atoms. The number of rotatable bonds is 5. The Hall–Kier alpha value is -2.77. The first-order chi connectivity index (χ1) is 18.1. The van der Waals surface area contributed by atoms with E-state index in [2.05, 4.69) is 6.07 Å². The predicted molar refractivity (Wildman–Crippen MR) is 146 cm³/mol. The Morgan fingerprint density at radius 1 is 1.13 bits per heavy atom. The molecule has 3 aromatic carbocycles. The third kappa shape index (κ3) is 5.36. The van der Waals surface area contributed by atoms with Crippen LogP contribution in [0, 0.1) is 11.6 Å². The molecule has 3 aromatic rings. The number of nitrogens with zero attached hydrogens (tertiary/aromatic N) is 1. The highest BCUT2D eigenvalue weighted by Crippen LogP contribution is 2.56. The molecule has 1 aliphatic heterocycles. The van der Waals surface area contributed by atoms with Crippen molar-refractivity contribution in [1.82, 2.24) is 4.90 Å². The summed E-state index contributed by atoms with van der Waals surface area (Å²) < 4.78 is 39.2. The van der Waals surface area contributed by atoms with Gasteiger partial charge in [-0.05, 0) is 99.7 Å². The zero-order valence-electron chi connectivity index (χ0n) is 21.6. The van der Waals surface area contributed by atoms with Crippen LogP contribution in [0.5, 0.6) is 5.75 Å². The van der Waals surface area contributed by atoms with Crippen molar-refractivity contribution in [2.75, 3.05) is 6.54 Å². The number of carbonyl (C=O) groups excluding carboxylic acids is 1. The molecule has 200 valence electrons. The standard InChI is InChI=1S/C30H30ClF2NO3S/c1-29(2,3)37-28(35)34-16-15-30(38-22-11-8-20(32)9-12-22)24-13-10-21(17-19(24)7-14-27(30)34)36-18-23-25(31)5-4-6-26(23)33/h4-6,8-13,17,27H,7,14-16,18H2,1-3H3. The normalized spacial score (nSPS) is 20.6. The maximum absolute atomic E-state index is 14.2. The minimum absolute atomic E-state index is 0.0226. The number of halogens is 3. The first-order valence-corrected chi connectivity index (χ1v) is 13.9. The summed E-state index contributed by atoms with van der Waals surface area (Å²) in [7, 11) is 0. The highest BCUT2D eigenvalue weighted by atomic mass is 35.5. The van der Waals surface area contributed by atoms with Gasteiger partial charge in [-0.25, -0.2) is 13.6 Å². The van der Waals surface area contributed by atoms with Crippen LogP contribution in [-0.2, 0) is 22.5 Å². The van der Waals surface area contributed by atoms with Crippen LogP contribution in [0.4, 0.5) is 13.6 Å². The minimum Gasteiger partial charge on any atom is -0.489 e. The van der Waals surface area contributed by atoms with Gasteiger partial charge < -0.3 is 14.4 Å². The number of hydrogen-bond donors (Lipinski definition) is 0. The van der Waals surface area contributed by atoms with Gasteiger partial charge >= 0.3 is 6.09 Å². The van der Waals surface area contributed by atoms with Gasteiger partial charge in [0.1, 0.15) is 29.6 Å². The molecule has 2 aliphatic rings. The monoisotopic (exact) mass is 557 g/mol. The van der Waals surface area contributed by atoms with Crippen LogP contribution in [0.1, 0.15) is 50.3 Å². The Bertz CT molecular complexity index is 1320. The second kappa shape index (κ2) is 10.4. The highest BCUT2D eigenvalue weighted by molar-refractivity contribution is 8.00. The lowest BCUT2D eigenvalue weighted by Crippen LogP contribution is -2.47. The molecule has 1 amide bonds. The van der Waals surface area contributed by atoms with Gasteiger partial charge in [0, 0.05) is 17.0 Å². The van der Waals surface area contributed by atoms with Gasteiger partial charge in [0.15, 0.2) is 0 Å². The zero-order valence-corrected chi connectivity index (χ0v) is 23.2. The molecule has 0 saturated carbocycles. The first-order valence-electron chi connectivity index (χ1n) is 12.7. The predicted octanol–water partition coefficient (Wildman–Crippen LogP) is 8.14. The lowest BCUT2D eigenvalue weighted by Gasteiger charge is -2.43. The molecule has 1 aliphatic carbocycles. The van der Waals surface area contributed by atoms with E-state index in [0.29, 0.717) is 22.9 Å². The fourth-order valence-electron chi connectivity index (χ4n) is 5.39. The molecular weight excluding hydrogens is 528 g/mol. The van der Waals surface area contributed by atoms with E-state index in [4.69, 9.17) is 21.1 Å². The second-order valence-corrected chi connectivity index (χ2v) is 12.5. The Labute approximate surface area is 231 Å². The van der Waals surface area contributed by atoms with Crippen molar-refractivity contribution in [3.8, 4) is 5.75 Å². The molecule has 8 heteroatoms. The van der Waals surface area contributed by atoms with Crippen LogP contribution in [0.3, 0.4) is 0 Å². The Morgan fingerprint density at radius 3 is 2.61 bits per heavy atom. The number of thioether (sulfide) groups is 1. The van der Waals surface area contributed by atoms with E-state index in [0.717, 1.165) is 35.3 Å². The average molecular weight is 558 g/mol. The Kier molecular flexibility index (Phi) is 7.35. The average Bonchev–Trinajstić information content (AvgIpc) is 3.23. The summed E-state index contributed by atoms with van der Waals surface area (Å²) >= 11 is 7.84. The number of amides is 1. The third-order valence-electron chi connectivity index (χ3n) is 7.04. The second-order valence-electron chi connectivity index (χ2n) is 10.7. The number of hydrogen-bond acceptors (Lipinski definition) is 4. The summed E-state index contributed by atoms with van der Waals surface area (Å²) in [5, 5.41) is 0.327. The van der Waals surface area contributed by atoms with Crippen LogP contribution in [0.15, 0.2) is 65.6 Å². The van der Waals surface area contributed by atoms with Crippen molar-refractivity contribution in [3.63, 3.8) is 0 Å². The molecule has 1 heterocycles. The molecule has 0 aromatic heterocycles. The molecule has 5 rings (SSSR count). The van der Waals surface area contributed by atoms with Gasteiger partial charge in [-0.15, -0.1) is 11.8 Å². The van der Waals surface area contributed by atoms with Gasteiger partial charge in [-0.3, -0.25) is 0 Å². The Morgan fingerprint density at radius 2 is 1.89 bits per heavy atom. The smallest absolute Gasteiger partial charge is 0.410 e. The number of fused-ring (bicyclic) bond motifs is 3. The van der Waals surface area contributed by atoms with Crippen molar-refractivity contribution in [3.05, 3.63) is 94.0 Å². The molecular formula is C30H30ClF2NO3S. The van der Waals surface area contributed by atoms with Crippen molar-refractivity contribution < 1.29 is 23.0 Å². The molecule has 4 nitrogen and oxygen atoms in total. The van der Waals surface area contributed by atoms with Crippen LogP contribution in [0.2, 0.25) is 5.02 Å². The zero-order chi connectivity index (χ0) is 27.1. The third-order valence-corrected chi connectivity index (χ3v) is 8.97. The number of likely N-dealkylation sites (tertiary alicyclic amines) is 1. The number of benzene rings is 3. The largest absolute Gasteiger partial charge is 0.489 e. The topological polar surface area (TPSA) is 38.8 Å². The number of aryl methyl sites for hydroxylation is 1. The first kappa shape index (κ1) is 26.8. The summed E-state index contributed by atoms with van der Waals surface area (Å²) in [5.41, 5.74) is 1.98. The van der Waals surface area contributed by atoms with Gasteiger partial charge in [-0.2, -0.15) is 0 Å². The maximum atomic E-state index is 14.2. The summed E-state index contributed by atoms with van der Waals surface area (Å²) in [6, 6.07) is 16.9. The van der Waals surface area contributed by atoms with Gasteiger partial charge in [0.05, 0.1) is 15.8 Å². The molecule has 38 heavy (non-hydrogen) atoms. The summed E-state index contributed by atoms with van der Waals surface area (Å²) in [5.74, 6) is -0.0578. The summed E-state index contributed by atoms with van der Waals surface area (Å²) in [6.45, 7) is 6.20. The molecule has 2 unspecified atom stereocenters. The van der Waals surface area contributed by atoms with Crippen LogP contribution < -0.4 is 4.74 Å². The summed E-state index contributed by atoms with van der Waals surface area (Å²) in [4.78, 5) is 16.0. The van der Waals surface area contributed by atoms with Gasteiger partial charge in [0.2, 0.25) is 0 Å². The molecule has 0 bridgehead atoms. The van der Waals surface area contributed by atoms with Crippen molar-refractivity contribution in [2.24, 2.45) is 0 Å². The SMILES string of the molecule is CC(C)(C)OC(=O)N1CCC2(Sc3ccc(F)cc3)c3ccc(OCc4c(F)cccc4Cl)cc3CCC12. The molecule has 0 radical (unpaired) electrons. The summed E-state index contributed by atoms with van der Waals surface area (Å²) in [6.07, 6.45) is 1.93. The molecule has 2 atom stereocenters. The van der Waals surface area contributed by atoms with Crippen molar-refractivity contribution in [1.29, 1.82) is 0 Å². The number of ether oxygens (including phenoxy) is 2. The van der Waals surface area contributed by atoms with E-state index in [1.165, 1.54) is 18.2 Å². The lowest BCUT2D eigenvalue weighted by atomic mass is 9.78. The minimum atomic E-state index is -0.591. The van der Waals surface area contributed by atoms with E-state index in [-0.39, 0.29) is 24.6 Å². The van der Waals surface area contributed by atoms with Crippen LogP contribution in [-0.4, -0.2) is 29.2 Å². The molecule has 0 N–H and O–H groups in total. The van der Waals surface area contributed by atoms with Crippen LogP contribution >= 0.6 is 23.4 Å². The fraction of sp³-hybridized carbons (Fsp3) is 0.367. The van der Waals surface area contributed by atoms with E-state index < -0.39 is 16.2 Å². The van der Waals surface area contributed by atoms with Gasteiger partial charge in [0.25, 0.3) is 0 Å². The van der Waals surface area contributed by atoms with E-state index in [1.807, 2.05) is 37.8 Å². The van der Waals surface area contributed by atoms with E-state index >= 15 is 0 Å². The quantitative estimate of drug-likeness (QED) is 0.317. The van der Waals surface area contributed by atoms with E-state index in [9.17, 15) is 13.6 Å². The lowest BCUT2D eigenvalue weighted by molar-refractivity contribution is 0.0203.